The van der Waals surface area contributed by atoms with Crippen LogP contribution in [0, 0.1) is 6.92 Å². The molecule has 184 valence electrons. The van der Waals surface area contributed by atoms with Crippen LogP contribution in [0.4, 0.5) is 65.9 Å². The Hall–Kier alpha value is -1.56. The van der Waals surface area contributed by atoms with Crippen molar-refractivity contribution in [3.63, 3.8) is 0 Å². The van der Waals surface area contributed by atoms with Crippen LogP contribution in [0.15, 0.2) is 23.1 Å². The molecular formula is C14H6F15O2S+. The molecule has 0 saturated heterocycles. The molecule has 0 spiro atoms. The maximum atomic E-state index is 13.5. The number of hydrogen-bond donors (Lipinski definition) is 0. The number of benzene rings is 1. The van der Waals surface area contributed by atoms with Gasteiger partial charge in [0.2, 0.25) is 4.90 Å². The first-order valence-corrected chi connectivity index (χ1v) is 8.59. The number of hydrogen-bond acceptors (Lipinski definition) is 2. The van der Waals surface area contributed by atoms with Crippen LogP contribution >= 0.6 is 0 Å². The fourth-order valence-corrected chi connectivity index (χ4v) is 4.42. The molecule has 1 aliphatic heterocycles. The molecule has 0 aromatic heterocycles. The van der Waals surface area contributed by atoms with E-state index in [1.165, 1.54) is 0 Å². The molecule has 2 rings (SSSR count). The van der Waals surface area contributed by atoms with Crippen molar-refractivity contribution in [2.75, 3.05) is 0 Å². The van der Waals surface area contributed by atoms with E-state index >= 15 is 0 Å². The maximum absolute atomic E-state index is 13.5. The van der Waals surface area contributed by atoms with Gasteiger partial charge in [-0.15, -0.1) is 4.18 Å². The van der Waals surface area contributed by atoms with Gasteiger partial charge in [0.05, 0.1) is 5.56 Å². The quantitative estimate of drug-likeness (QED) is 0.322. The first kappa shape index (κ1) is 26.7. The molecule has 0 amide bonds. The highest BCUT2D eigenvalue weighted by molar-refractivity contribution is 7.88. The van der Waals surface area contributed by atoms with E-state index in [0.717, 1.165) is 6.92 Å². The number of alkyl halides is 15. The minimum atomic E-state index is -7.41. The van der Waals surface area contributed by atoms with Gasteiger partial charge in [-0.3, -0.25) is 0 Å². The first-order chi connectivity index (χ1) is 13.9. The van der Waals surface area contributed by atoms with Crippen molar-refractivity contribution in [2.45, 2.75) is 53.9 Å². The molecule has 1 atom stereocenters. The van der Waals surface area contributed by atoms with Gasteiger partial charge in [0.25, 0.3) is 0 Å². The number of aryl methyl sites for hydroxylation is 1. The van der Waals surface area contributed by atoms with Gasteiger partial charge in [-0.25, -0.2) is 0 Å². The zero-order valence-corrected chi connectivity index (χ0v) is 15.4. The van der Waals surface area contributed by atoms with E-state index < -0.39 is 69.6 Å². The second kappa shape index (κ2) is 7.22. The molecule has 0 radical (unpaired) electrons. The Balaban J connectivity index is 2.86. The van der Waals surface area contributed by atoms with Crippen LogP contribution in [-0.4, -0.2) is 36.5 Å². The normalized spacial score (nSPS) is 20.4. The molecule has 0 fully saturated rings. The lowest BCUT2D eigenvalue weighted by atomic mass is 9.91. The van der Waals surface area contributed by atoms with Crippen molar-refractivity contribution < 1.29 is 74.2 Å². The highest BCUT2D eigenvalue weighted by Gasteiger charge is 2.91. The molecule has 2 nitrogen and oxygen atoms in total. The molecule has 32 heavy (non-hydrogen) atoms. The standard InChI is InChI=1S/C14H6F15O2S/c1-5-2-3-7-6(4-5)8(10(15,16)17,11(18,19)20)30-32(7)31-9(12(21,22)23,13(24,25)26)14(27,28)29/h2-4H,1H3/q+1. The Labute approximate surface area is 170 Å². The fourth-order valence-electron chi connectivity index (χ4n) is 2.63. The smallest absolute Gasteiger partial charge is 0.167 e. The van der Waals surface area contributed by atoms with Crippen molar-refractivity contribution >= 4 is 11.5 Å². The van der Waals surface area contributed by atoms with Gasteiger partial charge in [0.15, 0.2) is 0 Å². The Morgan fingerprint density at radius 2 is 1.12 bits per heavy atom. The molecule has 1 aromatic rings. The average Bonchev–Trinajstić information content (AvgIpc) is 2.82. The van der Waals surface area contributed by atoms with Crippen LogP contribution in [0.25, 0.3) is 0 Å². The monoisotopic (exact) mass is 523 g/mol. The number of halogens is 15. The van der Waals surface area contributed by atoms with Gasteiger partial charge in [-0.1, -0.05) is 15.8 Å². The molecule has 0 N–H and O–H groups in total. The van der Waals surface area contributed by atoms with Gasteiger partial charge < -0.3 is 0 Å². The predicted molar refractivity (Wildman–Crippen MR) is 73.7 cm³/mol. The minimum absolute atomic E-state index is 0.0586. The minimum Gasteiger partial charge on any atom is -0.167 e. The molecule has 1 heterocycles. The van der Waals surface area contributed by atoms with Gasteiger partial charge >= 0.3 is 53.5 Å². The Morgan fingerprint density at radius 3 is 1.47 bits per heavy atom. The summed E-state index contributed by atoms with van der Waals surface area (Å²) in [6.07, 6.45) is -35.4. The Bertz CT molecular complexity index is 811. The van der Waals surface area contributed by atoms with E-state index in [2.05, 4.69) is 8.37 Å². The summed E-state index contributed by atoms with van der Waals surface area (Å²) in [5, 5.41) is 0. The van der Waals surface area contributed by atoms with Crippen LogP contribution in [-0.2, 0) is 25.4 Å². The lowest BCUT2D eigenvalue weighted by Crippen LogP contribution is -2.68. The van der Waals surface area contributed by atoms with Crippen molar-refractivity contribution in [3.05, 3.63) is 29.3 Å². The maximum Gasteiger partial charge on any atom is 0.441 e. The van der Waals surface area contributed by atoms with Gasteiger partial charge in [0.1, 0.15) is 0 Å². The summed E-state index contributed by atoms with van der Waals surface area (Å²) in [5.74, 6) is 0. The lowest BCUT2D eigenvalue weighted by Gasteiger charge is -2.34. The van der Waals surface area contributed by atoms with E-state index in [1.54, 1.807) is 0 Å². The molecule has 0 saturated carbocycles. The zero-order chi connectivity index (χ0) is 25.3. The highest BCUT2D eigenvalue weighted by atomic mass is 32.2. The molecular weight excluding hydrogens is 517 g/mol. The van der Waals surface area contributed by atoms with Crippen LogP contribution in [0.3, 0.4) is 0 Å². The number of fused-ring (bicyclic) bond motifs is 1. The molecule has 1 unspecified atom stereocenters. The van der Waals surface area contributed by atoms with Gasteiger partial charge in [-0.2, -0.15) is 65.9 Å². The average molecular weight is 523 g/mol. The van der Waals surface area contributed by atoms with Crippen LogP contribution in [0.1, 0.15) is 11.1 Å². The third-order valence-corrected chi connectivity index (χ3v) is 5.61. The zero-order valence-electron chi connectivity index (χ0n) is 14.6. The van der Waals surface area contributed by atoms with E-state index in [0.29, 0.717) is 6.07 Å². The third kappa shape index (κ3) is 3.66. The van der Waals surface area contributed by atoms with Crippen molar-refractivity contribution in [1.82, 2.24) is 0 Å². The molecule has 1 aliphatic rings. The summed E-state index contributed by atoms with van der Waals surface area (Å²) in [5.41, 5.74) is -15.2. The van der Waals surface area contributed by atoms with Crippen molar-refractivity contribution in [1.29, 1.82) is 0 Å². The van der Waals surface area contributed by atoms with E-state index in [4.69, 9.17) is 0 Å². The second-order valence-electron chi connectivity index (χ2n) is 6.25. The summed E-state index contributed by atoms with van der Waals surface area (Å²) < 4.78 is 205. The Morgan fingerprint density at radius 1 is 0.719 bits per heavy atom. The number of rotatable bonds is 2. The van der Waals surface area contributed by atoms with E-state index in [9.17, 15) is 65.9 Å². The van der Waals surface area contributed by atoms with E-state index in [-0.39, 0.29) is 12.1 Å². The molecule has 1 aromatic carbocycles. The van der Waals surface area contributed by atoms with E-state index in [1.807, 2.05) is 0 Å². The Kier molecular flexibility index (Phi) is 6.02. The van der Waals surface area contributed by atoms with Crippen LogP contribution in [0.2, 0.25) is 0 Å². The SMILES string of the molecule is Cc1ccc2c(c1)C(C(F)(F)F)(C(F)(F)F)O[S+]2OC(C(F)(F)F)(C(F)(F)F)C(F)(F)F. The predicted octanol–water partition coefficient (Wildman–Crippen LogP) is 6.59. The van der Waals surface area contributed by atoms with Gasteiger partial charge in [0, 0.05) is 6.07 Å². The summed E-state index contributed by atoms with van der Waals surface area (Å²) in [7, 11) is 0. The topological polar surface area (TPSA) is 18.5 Å². The van der Waals surface area contributed by atoms with Crippen molar-refractivity contribution in [3.8, 4) is 0 Å². The molecule has 0 aliphatic carbocycles. The highest BCUT2D eigenvalue weighted by Crippen LogP contribution is 2.63. The summed E-state index contributed by atoms with van der Waals surface area (Å²) in [6.45, 7) is 0.903. The lowest BCUT2D eigenvalue weighted by molar-refractivity contribution is -0.437. The first-order valence-electron chi connectivity index (χ1n) is 7.52. The summed E-state index contributed by atoms with van der Waals surface area (Å²) >= 11 is -4.38. The second-order valence-corrected chi connectivity index (χ2v) is 7.49. The molecule has 0 bridgehead atoms. The van der Waals surface area contributed by atoms with Gasteiger partial charge in [-0.05, 0) is 13.0 Å². The van der Waals surface area contributed by atoms with Crippen LogP contribution < -0.4 is 0 Å². The van der Waals surface area contributed by atoms with Crippen LogP contribution in [0.5, 0.6) is 0 Å². The van der Waals surface area contributed by atoms with Crippen molar-refractivity contribution in [2.24, 2.45) is 0 Å². The summed E-state index contributed by atoms with van der Waals surface area (Å²) in [6, 6.07) is 0.842. The summed E-state index contributed by atoms with van der Waals surface area (Å²) in [4.78, 5) is -1.73. The fraction of sp³-hybridized carbons (Fsp3) is 0.571. The third-order valence-electron chi connectivity index (χ3n) is 4.09. The largest absolute Gasteiger partial charge is 0.441 e. The molecule has 18 heteroatoms.